The molecule has 0 aromatic heterocycles. The second-order valence-electron chi connectivity index (χ2n) is 4.84. The molecule has 1 aliphatic rings. The van der Waals surface area contributed by atoms with Gasteiger partial charge in [-0.25, -0.2) is 13.1 Å². The van der Waals surface area contributed by atoms with Gasteiger partial charge in [0.25, 0.3) is 0 Å². The highest BCUT2D eigenvalue weighted by atomic mass is 79.9. The van der Waals surface area contributed by atoms with Crippen molar-refractivity contribution in [3.63, 3.8) is 0 Å². The molecule has 2 rings (SSSR count). The molecule has 0 heterocycles. The van der Waals surface area contributed by atoms with Gasteiger partial charge in [0.15, 0.2) is 0 Å². The molecule has 1 aromatic carbocycles. The molecule has 1 saturated carbocycles. The van der Waals surface area contributed by atoms with Crippen LogP contribution in [0.5, 0.6) is 0 Å². The van der Waals surface area contributed by atoms with Crippen molar-refractivity contribution < 1.29 is 8.42 Å². The van der Waals surface area contributed by atoms with Crippen LogP contribution in [0.4, 0.5) is 0 Å². The summed E-state index contributed by atoms with van der Waals surface area (Å²) in [6.45, 7) is 0. The topological polar surface area (TPSA) is 46.2 Å². The molecule has 2 unspecified atom stereocenters. The first-order valence-electron chi connectivity index (χ1n) is 6.41. The summed E-state index contributed by atoms with van der Waals surface area (Å²) in [7, 11) is -3.48. The summed E-state index contributed by atoms with van der Waals surface area (Å²) in [6, 6.07) is 6.45. The van der Waals surface area contributed by atoms with Gasteiger partial charge in [0.05, 0.1) is 4.90 Å². The second kappa shape index (κ2) is 6.57. The lowest BCUT2D eigenvalue weighted by molar-refractivity contribution is 0.514. The lowest BCUT2D eigenvalue weighted by atomic mass is 10.1. The summed E-state index contributed by atoms with van der Waals surface area (Å²) >= 11 is 9.57. The van der Waals surface area contributed by atoms with Crippen LogP contribution in [-0.4, -0.2) is 19.8 Å². The number of nitrogens with one attached hydrogen (secondary N) is 1. The monoisotopic (exact) mass is 365 g/mol. The zero-order valence-electron chi connectivity index (χ0n) is 10.5. The Morgan fingerprint density at radius 1 is 1.11 bits per heavy atom. The number of hydrogen-bond donors (Lipinski definition) is 1. The van der Waals surface area contributed by atoms with E-state index in [1.807, 2.05) is 0 Å². The van der Waals surface area contributed by atoms with Crippen LogP contribution in [-0.2, 0) is 10.0 Å². The zero-order valence-corrected chi connectivity index (χ0v) is 13.6. The van der Waals surface area contributed by atoms with Crippen LogP contribution in [0.3, 0.4) is 0 Å². The lowest BCUT2D eigenvalue weighted by Gasteiger charge is -2.21. The summed E-state index contributed by atoms with van der Waals surface area (Å²) in [5, 5.41) is -0.118. The Morgan fingerprint density at radius 3 is 2.42 bits per heavy atom. The van der Waals surface area contributed by atoms with Crippen molar-refractivity contribution in [3.05, 3.63) is 28.7 Å². The first-order valence-corrected chi connectivity index (χ1v) is 9.12. The van der Waals surface area contributed by atoms with E-state index in [9.17, 15) is 8.42 Å². The predicted molar refractivity (Wildman–Crippen MR) is 81.0 cm³/mol. The molecule has 3 nitrogen and oxygen atoms in total. The van der Waals surface area contributed by atoms with Gasteiger partial charge < -0.3 is 0 Å². The largest absolute Gasteiger partial charge is 0.240 e. The van der Waals surface area contributed by atoms with E-state index in [2.05, 4.69) is 20.7 Å². The third kappa shape index (κ3) is 4.18. The van der Waals surface area contributed by atoms with Gasteiger partial charge in [-0.2, -0.15) is 0 Å². The van der Waals surface area contributed by atoms with Crippen LogP contribution >= 0.6 is 27.5 Å². The highest BCUT2D eigenvalue weighted by Gasteiger charge is 2.26. The summed E-state index contributed by atoms with van der Waals surface area (Å²) in [4.78, 5) is 0.281. The average Bonchev–Trinajstić information content (AvgIpc) is 2.55. The van der Waals surface area contributed by atoms with E-state index >= 15 is 0 Å². The Balaban J connectivity index is 2.13. The van der Waals surface area contributed by atoms with E-state index < -0.39 is 10.0 Å². The highest BCUT2D eigenvalue weighted by Crippen LogP contribution is 2.24. The van der Waals surface area contributed by atoms with Gasteiger partial charge in [-0.15, -0.1) is 11.6 Å². The number of sulfonamides is 1. The van der Waals surface area contributed by atoms with Crippen molar-refractivity contribution in [2.75, 3.05) is 0 Å². The molecule has 0 amide bonds. The second-order valence-corrected chi connectivity index (χ2v) is 8.03. The maximum atomic E-state index is 12.3. The number of halogens is 2. The number of alkyl halides is 1. The van der Waals surface area contributed by atoms with Crippen LogP contribution in [0.15, 0.2) is 33.6 Å². The van der Waals surface area contributed by atoms with Crippen molar-refractivity contribution in [1.82, 2.24) is 4.72 Å². The minimum Gasteiger partial charge on any atom is -0.207 e. The van der Waals surface area contributed by atoms with E-state index in [1.165, 1.54) is 0 Å². The maximum absolute atomic E-state index is 12.3. The number of benzene rings is 1. The molecule has 1 aliphatic carbocycles. The molecule has 0 spiro atoms. The smallest absolute Gasteiger partial charge is 0.207 e. The molecule has 19 heavy (non-hydrogen) atoms. The SMILES string of the molecule is O=S(=O)(NC1CCCCCC1Cl)c1ccc(Br)cc1. The predicted octanol–water partition coefficient (Wildman–Crippen LogP) is 3.67. The van der Waals surface area contributed by atoms with Gasteiger partial charge in [0, 0.05) is 15.9 Å². The minimum atomic E-state index is -3.48. The van der Waals surface area contributed by atoms with Crippen molar-refractivity contribution in [3.8, 4) is 0 Å². The Hall–Kier alpha value is -0.100. The van der Waals surface area contributed by atoms with Gasteiger partial charge in [-0.3, -0.25) is 0 Å². The first kappa shape index (κ1) is 15.3. The summed E-state index contributed by atoms with van der Waals surface area (Å²) in [5.41, 5.74) is 0. The van der Waals surface area contributed by atoms with Crippen LogP contribution in [0.2, 0.25) is 0 Å². The van der Waals surface area contributed by atoms with E-state index in [0.29, 0.717) is 0 Å². The minimum absolute atomic E-state index is 0.118. The zero-order chi connectivity index (χ0) is 13.9. The normalized spacial score (nSPS) is 24.9. The van der Waals surface area contributed by atoms with Crippen LogP contribution < -0.4 is 4.72 Å². The average molecular weight is 367 g/mol. The fourth-order valence-electron chi connectivity index (χ4n) is 2.28. The van der Waals surface area contributed by atoms with Crippen molar-refractivity contribution >= 4 is 37.6 Å². The van der Waals surface area contributed by atoms with Crippen molar-refractivity contribution in [1.29, 1.82) is 0 Å². The third-order valence-corrected chi connectivity index (χ3v) is 5.92. The molecule has 106 valence electrons. The van der Waals surface area contributed by atoms with E-state index in [4.69, 9.17) is 11.6 Å². The molecule has 0 saturated heterocycles. The lowest BCUT2D eigenvalue weighted by Crippen LogP contribution is -2.40. The van der Waals surface area contributed by atoms with E-state index in [1.54, 1.807) is 24.3 Å². The Morgan fingerprint density at radius 2 is 1.74 bits per heavy atom. The highest BCUT2D eigenvalue weighted by molar-refractivity contribution is 9.10. The number of rotatable bonds is 3. The molecular weight excluding hydrogens is 350 g/mol. The molecule has 1 aromatic rings. The van der Waals surface area contributed by atoms with Crippen molar-refractivity contribution in [2.24, 2.45) is 0 Å². The number of hydrogen-bond acceptors (Lipinski definition) is 2. The van der Waals surface area contributed by atoms with Gasteiger partial charge in [-0.05, 0) is 37.1 Å². The standard InChI is InChI=1S/C13H17BrClNO2S/c14-10-6-8-11(9-7-10)19(17,18)16-13-5-3-1-2-4-12(13)15/h6-9,12-13,16H,1-5H2. The van der Waals surface area contributed by atoms with Gasteiger partial charge in [0.1, 0.15) is 0 Å². The molecule has 0 radical (unpaired) electrons. The summed E-state index contributed by atoms with van der Waals surface area (Å²) in [5.74, 6) is 0. The first-order chi connectivity index (χ1) is 8.99. The third-order valence-electron chi connectivity index (χ3n) is 3.36. The van der Waals surface area contributed by atoms with Gasteiger partial charge in [-0.1, -0.05) is 35.2 Å². The van der Waals surface area contributed by atoms with Gasteiger partial charge in [0.2, 0.25) is 10.0 Å². The Kier molecular flexibility index (Phi) is 5.29. The molecule has 0 aliphatic heterocycles. The van der Waals surface area contributed by atoms with E-state index in [0.717, 1.165) is 36.6 Å². The molecule has 0 bridgehead atoms. The van der Waals surface area contributed by atoms with Crippen molar-refractivity contribution in [2.45, 2.75) is 48.4 Å². The van der Waals surface area contributed by atoms with Gasteiger partial charge >= 0.3 is 0 Å². The molecule has 1 N–H and O–H groups in total. The molecule has 2 atom stereocenters. The molecule has 1 fully saturated rings. The van der Waals surface area contributed by atoms with Crippen LogP contribution in [0.25, 0.3) is 0 Å². The Labute approximate surface area is 127 Å². The fraction of sp³-hybridized carbons (Fsp3) is 0.538. The maximum Gasteiger partial charge on any atom is 0.240 e. The van der Waals surface area contributed by atoms with E-state index in [-0.39, 0.29) is 16.3 Å². The summed E-state index contributed by atoms with van der Waals surface area (Å²) < 4.78 is 28.2. The quantitative estimate of drug-likeness (QED) is 0.655. The van der Waals surface area contributed by atoms with Crippen LogP contribution in [0, 0.1) is 0 Å². The Bertz CT molecular complexity index is 518. The molecular formula is C13H17BrClNO2S. The summed E-state index contributed by atoms with van der Waals surface area (Å²) in [6.07, 6.45) is 4.90. The molecule has 6 heteroatoms. The fourth-order valence-corrected chi connectivity index (χ4v) is 4.27. The van der Waals surface area contributed by atoms with Crippen LogP contribution in [0.1, 0.15) is 32.1 Å².